The molecular weight excluding hydrogens is 346 g/mol. The molecule has 0 aliphatic rings. The van der Waals surface area contributed by atoms with E-state index in [1.165, 1.54) is 0 Å². The van der Waals surface area contributed by atoms with E-state index in [-0.39, 0.29) is 0 Å². The van der Waals surface area contributed by atoms with Crippen LogP contribution in [0.2, 0.25) is 0 Å². The van der Waals surface area contributed by atoms with Crippen molar-refractivity contribution in [3.8, 4) is 6.07 Å². The molecule has 1 heterocycles. The van der Waals surface area contributed by atoms with Crippen LogP contribution in [0.4, 0.5) is 0 Å². The second kappa shape index (κ2) is 5.11. The van der Waals surface area contributed by atoms with Crippen molar-refractivity contribution >= 4 is 42.9 Å². The number of benzene rings is 1. The third-order valence-corrected chi connectivity index (χ3v) is 3.60. The van der Waals surface area contributed by atoms with E-state index in [1.807, 2.05) is 13.0 Å². The zero-order valence-corrected chi connectivity index (χ0v) is 12.3. The Morgan fingerprint density at radius 2 is 1.65 bits per heavy atom. The van der Waals surface area contributed by atoms with E-state index in [1.54, 1.807) is 6.07 Å². The Balaban J connectivity index is 2.75. The Bertz CT molecular complexity index is 617. The van der Waals surface area contributed by atoms with Crippen LogP contribution in [0, 0.1) is 18.3 Å². The van der Waals surface area contributed by atoms with Gasteiger partial charge in [0.25, 0.3) is 0 Å². The standard InChI is InChI=1S/C12H9Br2N3/c1-7-2-9-10(3-8(7)6-15)17-12(5-14)11(4-13)16-9/h2-3H,4-5H2,1H3. The molecule has 0 atom stereocenters. The average Bonchev–Trinajstić information content (AvgIpc) is 2.36. The minimum absolute atomic E-state index is 0.652. The molecule has 0 amide bonds. The van der Waals surface area contributed by atoms with E-state index in [4.69, 9.17) is 5.26 Å². The second-order valence-corrected chi connectivity index (χ2v) is 4.77. The van der Waals surface area contributed by atoms with Crippen LogP contribution in [0.1, 0.15) is 22.5 Å². The fourth-order valence-corrected chi connectivity index (χ4v) is 2.51. The molecule has 0 spiro atoms. The zero-order valence-electron chi connectivity index (χ0n) is 9.17. The number of hydrogen-bond acceptors (Lipinski definition) is 3. The third-order valence-electron chi connectivity index (χ3n) is 2.54. The van der Waals surface area contributed by atoms with E-state index < -0.39 is 0 Å². The first-order valence-electron chi connectivity index (χ1n) is 5.01. The monoisotopic (exact) mass is 353 g/mol. The van der Waals surface area contributed by atoms with Gasteiger partial charge in [-0.05, 0) is 24.6 Å². The number of fused-ring (bicyclic) bond motifs is 1. The lowest BCUT2D eigenvalue weighted by Gasteiger charge is -2.06. The highest BCUT2D eigenvalue weighted by atomic mass is 79.9. The quantitative estimate of drug-likeness (QED) is 0.774. The minimum Gasteiger partial charge on any atom is -0.248 e. The number of aromatic nitrogens is 2. The van der Waals surface area contributed by atoms with Gasteiger partial charge in [-0.3, -0.25) is 0 Å². The van der Waals surface area contributed by atoms with E-state index in [0.29, 0.717) is 16.2 Å². The number of halogens is 2. The fourth-order valence-electron chi connectivity index (χ4n) is 1.61. The molecule has 0 aliphatic heterocycles. The van der Waals surface area contributed by atoms with E-state index >= 15 is 0 Å². The number of alkyl halides is 2. The summed E-state index contributed by atoms with van der Waals surface area (Å²) in [6.07, 6.45) is 0. The van der Waals surface area contributed by atoms with Crippen molar-refractivity contribution in [3.05, 3.63) is 34.6 Å². The molecule has 17 heavy (non-hydrogen) atoms. The molecule has 0 bridgehead atoms. The van der Waals surface area contributed by atoms with E-state index in [0.717, 1.165) is 28.0 Å². The predicted molar refractivity (Wildman–Crippen MR) is 74.3 cm³/mol. The van der Waals surface area contributed by atoms with Crippen molar-refractivity contribution in [2.24, 2.45) is 0 Å². The highest BCUT2D eigenvalue weighted by Gasteiger charge is 2.09. The molecule has 2 rings (SSSR count). The van der Waals surface area contributed by atoms with Crippen LogP contribution in [-0.4, -0.2) is 9.97 Å². The summed E-state index contributed by atoms with van der Waals surface area (Å²) in [6, 6.07) is 5.87. The highest BCUT2D eigenvalue weighted by Crippen LogP contribution is 2.20. The van der Waals surface area contributed by atoms with Gasteiger partial charge in [0.1, 0.15) is 0 Å². The summed E-state index contributed by atoms with van der Waals surface area (Å²) in [7, 11) is 0. The predicted octanol–water partition coefficient (Wildman–Crippen LogP) is 3.60. The molecule has 1 aromatic carbocycles. The van der Waals surface area contributed by atoms with Gasteiger partial charge in [-0.25, -0.2) is 9.97 Å². The molecule has 5 heteroatoms. The van der Waals surface area contributed by atoms with Crippen LogP contribution in [0.15, 0.2) is 12.1 Å². The van der Waals surface area contributed by atoms with E-state index in [9.17, 15) is 0 Å². The van der Waals surface area contributed by atoms with Crippen LogP contribution in [0.3, 0.4) is 0 Å². The van der Waals surface area contributed by atoms with Gasteiger partial charge < -0.3 is 0 Å². The van der Waals surface area contributed by atoms with Gasteiger partial charge >= 0.3 is 0 Å². The maximum Gasteiger partial charge on any atom is 0.0995 e. The lowest BCUT2D eigenvalue weighted by atomic mass is 10.1. The third kappa shape index (κ3) is 2.33. The van der Waals surface area contributed by atoms with Gasteiger partial charge in [0.05, 0.1) is 34.1 Å². The molecule has 0 N–H and O–H groups in total. The largest absolute Gasteiger partial charge is 0.248 e. The van der Waals surface area contributed by atoms with Gasteiger partial charge in [0.15, 0.2) is 0 Å². The summed E-state index contributed by atoms with van der Waals surface area (Å²) < 4.78 is 0. The topological polar surface area (TPSA) is 49.6 Å². The summed E-state index contributed by atoms with van der Waals surface area (Å²) in [5.41, 5.74) is 5.02. The Labute approximate surface area is 116 Å². The summed E-state index contributed by atoms with van der Waals surface area (Å²) in [5, 5.41) is 10.3. The Kier molecular flexibility index (Phi) is 3.75. The number of hydrogen-bond donors (Lipinski definition) is 0. The van der Waals surface area contributed by atoms with Crippen LogP contribution in [0.25, 0.3) is 11.0 Å². The first-order chi connectivity index (χ1) is 8.19. The normalized spacial score (nSPS) is 10.5. The Hall–Kier alpha value is -0.990. The molecule has 0 saturated heterocycles. The maximum atomic E-state index is 8.99. The minimum atomic E-state index is 0.652. The molecule has 2 aromatic rings. The first kappa shape index (κ1) is 12.5. The average molecular weight is 355 g/mol. The van der Waals surface area contributed by atoms with Crippen molar-refractivity contribution in [1.82, 2.24) is 9.97 Å². The zero-order chi connectivity index (χ0) is 12.4. The van der Waals surface area contributed by atoms with Crippen LogP contribution >= 0.6 is 31.9 Å². The van der Waals surface area contributed by atoms with Gasteiger partial charge in [0.2, 0.25) is 0 Å². The Morgan fingerprint density at radius 1 is 1.12 bits per heavy atom. The van der Waals surface area contributed by atoms with Crippen molar-refractivity contribution < 1.29 is 0 Å². The second-order valence-electron chi connectivity index (χ2n) is 3.65. The number of nitrogens with zero attached hydrogens (tertiary/aromatic N) is 3. The van der Waals surface area contributed by atoms with Crippen molar-refractivity contribution in [1.29, 1.82) is 5.26 Å². The lowest BCUT2D eigenvalue weighted by Crippen LogP contribution is -1.99. The van der Waals surface area contributed by atoms with Crippen LogP contribution < -0.4 is 0 Å². The van der Waals surface area contributed by atoms with Gasteiger partial charge in [0, 0.05) is 10.7 Å². The molecule has 0 fully saturated rings. The summed E-state index contributed by atoms with van der Waals surface area (Å²) in [6.45, 7) is 1.91. The molecule has 3 nitrogen and oxygen atoms in total. The van der Waals surface area contributed by atoms with Crippen LogP contribution in [-0.2, 0) is 10.7 Å². The molecule has 1 aromatic heterocycles. The molecular formula is C12H9Br2N3. The smallest absolute Gasteiger partial charge is 0.0995 e. The molecule has 0 saturated carbocycles. The Morgan fingerprint density at radius 3 is 2.12 bits per heavy atom. The lowest BCUT2D eigenvalue weighted by molar-refractivity contribution is 1.08. The maximum absolute atomic E-state index is 8.99. The van der Waals surface area contributed by atoms with Gasteiger partial charge in [-0.15, -0.1) is 0 Å². The number of nitriles is 1. The highest BCUT2D eigenvalue weighted by molar-refractivity contribution is 9.09. The van der Waals surface area contributed by atoms with Crippen molar-refractivity contribution in [3.63, 3.8) is 0 Å². The SMILES string of the molecule is Cc1cc2nc(CBr)c(CBr)nc2cc1C#N. The molecule has 0 aliphatic carbocycles. The summed E-state index contributed by atoms with van der Waals surface area (Å²) in [5.74, 6) is 0. The van der Waals surface area contributed by atoms with E-state index in [2.05, 4.69) is 47.9 Å². The number of rotatable bonds is 2. The van der Waals surface area contributed by atoms with Gasteiger partial charge in [-0.2, -0.15) is 5.26 Å². The van der Waals surface area contributed by atoms with Crippen LogP contribution in [0.5, 0.6) is 0 Å². The van der Waals surface area contributed by atoms with Gasteiger partial charge in [-0.1, -0.05) is 31.9 Å². The summed E-state index contributed by atoms with van der Waals surface area (Å²) >= 11 is 6.80. The molecule has 0 unspecified atom stereocenters. The summed E-state index contributed by atoms with van der Waals surface area (Å²) in [4.78, 5) is 9.08. The number of aryl methyl sites for hydroxylation is 1. The van der Waals surface area contributed by atoms with Crippen molar-refractivity contribution in [2.45, 2.75) is 17.6 Å². The van der Waals surface area contributed by atoms with Crippen molar-refractivity contribution in [2.75, 3.05) is 0 Å². The first-order valence-corrected chi connectivity index (χ1v) is 7.26. The molecule has 0 radical (unpaired) electrons. The fraction of sp³-hybridized carbons (Fsp3) is 0.250. The molecule has 86 valence electrons.